The highest BCUT2D eigenvalue weighted by atomic mass is 32.2. The molecule has 0 saturated heterocycles. The summed E-state index contributed by atoms with van der Waals surface area (Å²) >= 11 is 1.43. The van der Waals surface area contributed by atoms with E-state index in [2.05, 4.69) is 75.4 Å². The fourth-order valence-electron chi connectivity index (χ4n) is 5.72. The number of anilines is 2. The number of para-hydroxylation sites is 2. The largest absolute Gasteiger partial charge is 0.286 e. The van der Waals surface area contributed by atoms with E-state index in [0.29, 0.717) is 10.6 Å². The van der Waals surface area contributed by atoms with Crippen molar-refractivity contribution in [2.75, 3.05) is 10.0 Å². The Hall–Kier alpha value is -4.94. The average molecular weight is 593 g/mol. The summed E-state index contributed by atoms with van der Waals surface area (Å²) in [6.07, 6.45) is 0. The van der Waals surface area contributed by atoms with Crippen molar-refractivity contribution in [2.24, 2.45) is 10.2 Å². The van der Waals surface area contributed by atoms with Crippen molar-refractivity contribution in [2.45, 2.75) is 31.2 Å². The Bertz CT molecular complexity index is 1880. The molecule has 5 aromatic carbocycles. The quantitative estimate of drug-likeness (QED) is 0.191. The molecule has 2 aliphatic heterocycles. The molecular formula is C38H32N4OS. The van der Waals surface area contributed by atoms with E-state index in [9.17, 15) is 4.79 Å². The highest BCUT2D eigenvalue weighted by Gasteiger charge is 2.56. The van der Waals surface area contributed by atoms with E-state index < -0.39 is 4.99 Å². The predicted octanol–water partition coefficient (Wildman–Crippen LogP) is 8.82. The molecule has 0 saturated carbocycles. The van der Waals surface area contributed by atoms with Gasteiger partial charge in [-0.25, -0.2) is 10.0 Å². The molecule has 0 amide bonds. The lowest BCUT2D eigenvalue weighted by Gasteiger charge is -2.47. The van der Waals surface area contributed by atoms with Gasteiger partial charge in [-0.1, -0.05) is 136 Å². The lowest BCUT2D eigenvalue weighted by atomic mass is 9.85. The summed E-state index contributed by atoms with van der Waals surface area (Å²) in [5.41, 5.74) is 7.55. The number of hydrogen-bond acceptors (Lipinski definition) is 6. The van der Waals surface area contributed by atoms with E-state index in [4.69, 9.17) is 10.2 Å². The first-order chi connectivity index (χ1) is 21.4. The molecule has 0 bridgehead atoms. The maximum absolute atomic E-state index is 14.0. The van der Waals surface area contributed by atoms with Crippen molar-refractivity contribution in [3.05, 3.63) is 167 Å². The number of thioether (sulfide) groups is 1. The number of carbonyl (C=O) groups excluding carboxylic acids is 1. The summed E-state index contributed by atoms with van der Waals surface area (Å²) in [7, 11) is 0. The van der Waals surface area contributed by atoms with Crippen LogP contribution in [0.5, 0.6) is 0 Å². The SMILES string of the molecule is CC(C)(C)c1ccc(C2=NN(c3ccccc3)C3(SC(C(=O)c4ccccc4)=NN3c3ccccc3)c3ccccc32)cc1. The van der Waals surface area contributed by atoms with Crippen LogP contribution in [-0.2, 0) is 10.4 Å². The van der Waals surface area contributed by atoms with E-state index in [-0.39, 0.29) is 11.2 Å². The Labute approximate surface area is 262 Å². The van der Waals surface area contributed by atoms with Crippen molar-refractivity contribution in [3.8, 4) is 0 Å². The number of hydrazone groups is 2. The van der Waals surface area contributed by atoms with Gasteiger partial charge in [0, 0.05) is 22.3 Å². The number of rotatable bonds is 5. The van der Waals surface area contributed by atoms with Gasteiger partial charge < -0.3 is 0 Å². The zero-order valence-corrected chi connectivity index (χ0v) is 25.7. The first kappa shape index (κ1) is 27.9. The average Bonchev–Trinajstić information content (AvgIpc) is 3.46. The Morgan fingerprint density at radius 1 is 0.636 bits per heavy atom. The number of ketones is 1. The van der Waals surface area contributed by atoms with E-state index in [1.807, 2.05) is 94.9 Å². The summed E-state index contributed by atoms with van der Waals surface area (Å²) in [4.78, 5) is 13.0. The molecular weight excluding hydrogens is 561 g/mol. The van der Waals surface area contributed by atoms with Crippen molar-refractivity contribution in [1.82, 2.24) is 0 Å². The van der Waals surface area contributed by atoms with E-state index in [1.54, 1.807) is 0 Å². The Kier molecular flexibility index (Phi) is 6.94. The predicted molar refractivity (Wildman–Crippen MR) is 183 cm³/mol. The number of Topliss-reactive ketones (excluding diaryl/α,β-unsaturated/α-hetero) is 1. The van der Waals surface area contributed by atoms with Crippen LogP contribution >= 0.6 is 11.8 Å². The van der Waals surface area contributed by atoms with Gasteiger partial charge in [-0.05, 0) is 47.0 Å². The smallest absolute Gasteiger partial charge is 0.234 e. The number of fused-ring (bicyclic) bond motifs is 2. The molecule has 2 aliphatic rings. The first-order valence-corrected chi connectivity index (χ1v) is 15.6. The van der Waals surface area contributed by atoms with Crippen LogP contribution in [0.15, 0.2) is 150 Å². The monoisotopic (exact) mass is 592 g/mol. The van der Waals surface area contributed by atoms with Crippen LogP contribution in [0.2, 0.25) is 0 Å². The van der Waals surface area contributed by atoms with Gasteiger partial charge in [0.2, 0.25) is 10.8 Å². The number of hydrogen-bond donors (Lipinski definition) is 0. The molecule has 216 valence electrons. The lowest BCUT2D eigenvalue weighted by Crippen LogP contribution is -2.54. The zero-order chi connectivity index (χ0) is 30.3. The van der Waals surface area contributed by atoms with Gasteiger partial charge >= 0.3 is 0 Å². The second-order valence-electron chi connectivity index (χ2n) is 11.9. The van der Waals surface area contributed by atoms with Crippen molar-refractivity contribution in [3.63, 3.8) is 0 Å². The van der Waals surface area contributed by atoms with Gasteiger partial charge in [-0.2, -0.15) is 10.2 Å². The third-order valence-corrected chi connectivity index (χ3v) is 9.30. The molecule has 1 unspecified atom stereocenters. The molecule has 0 N–H and O–H groups in total. The number of carbonyl (C=O) groups is 1. The molecule has 1 spiro atoms. The number of benzene rings is 5. The maximum atomic E-state index is 14.0. The van der Waals surface area contributed by atoms with Crippen molar-refractivity contribution >= 4 is 39.7 Å². The molecule has 7 rings (SSSR count). The summed E-state index contributed by atoms with van der Waals surface area (Å²) in [6, 6.07) is 46.6. The third-order valence-electron chi connectivity index (χ3n) is 7.99. The van der Waals surface area contributed by atoms with Crippen molar-refractivity contribution < 1.29 is 4.79 Å². The summed E-state index contributed by atoms with van der Waals surface area (Å²) in [6.45, 7) is 6.67. The van der Waals surface area contributed by atoms with Crippen molar-refractivity contribution in [1.29, 1.82) is 0 Å². The normalized spacial score (nSPS) is 17.7. The fraction of sp³-hybridized carbons (Fsp3) is 0.132. The van der Waals surface area contributed by atoms with Gasteiger partial charge in [-0.15, -0.1) is 0 Å². The second-order valence-corrected chi connectivity index (χ2v) is 13.1. The molecule has 5 nitrogen and oxygen atoms in total. The minimum absolute atomic E-state index is 0.0423. The van der Waals surface area contributed by atoms with Crippen LogP contribution in [0, 0.1) is 0 Å². The van der Waals surface area contributed by atoms with Crippen LogP contribution < -0.4 is 10.0 Å². The minimum Gasteiger partial charge on any atom is -0.286 e. The fourth-order valence-corrected chi connectivity index (χ4v) is 7.07. The molecule has 5 aromatic rings. The van der Waals surface area contributed by atoms with Crippen LogP contribution in [0.3, 0.4) is 0 Å². The highest BCUT2D eigenvalue weighted by molar-refractivity contribution is 8.17. The van der Waals surface area contributed by atoms with Crippen LogP contribution in [0.25, 0.3) is 0 Å². The topological polar surface area (TPSA) is 48.3 Å². The van der Waals surface area contributed by atoms with Gasteiger partial charge in [0.25, 0.3) is 0 Å². The third kappa shape index (κ3) is 4.72. The molecule has 44 heavy (non-hydrogen) atoms. The molecule has 2 heterocycles. The standard InChI is InChI=1S/C38H32N4OS/c1-37(2,3)29-25-23-27(24-26-29)34-32-21-13-14-22-33(32)38(41(39-34)30-17-9-5-10-18-30)42(31-19-11-6-12-20-31)40-36(44-38)35(43)28-15-7-4-8-16-28/h4-26H,1-3H3. The maximum Gasteiger partial charge on any atom is 0.234 e. The van der Waals surface area contributed by atoms with Crippen LogP contribution in [0.4, 0.5) is 11.4 Å². The number of nitrogens with zero attached hydrogens (tertiary/aromatic N) is 4. The minimum atomic E-state index is -1.01. The molecule has 0 aliphatic carbocycles. The molecule has 6 heteroatoms. The van der Waals surface area contributed by atoms with E-state index in [1.165, 1.54) is 17.3 Å². The van der Waals surface area contributed by atoms with Crippen LogP contribution in [0.1, 0.15) is 53.4 Å². The van der Waals surface area contributed by atoms with E-state index >= 15 is 0 Å². The first-order valence-electron chi connectivity index (χ1n) is 14.7. The zero-order valence-electron chi connectivity index (χ0n) is 24.9. The van der Waals surface area contributed by atoms with Gasteiger partial charge in [0.1, 0.15) is 0 Å². The Morgan fingerprint density at radius 3 is 1.75 bits per heavy atom. The Balaban J connectivity index is 1.46. The second kappa shape index (κ2) is 11.0. The van der Waals surface area contributed by atoms with Crippen LogP contribution in [-0.4, -0.2) is 16.5 Å². The van der Waals surface area contributed by atoms with Gasteiger partial charge in [-0.3, -0.25) is 4.79 Å². The molecule has 1 atom stereocenters. The van der Waals surface area contributed by atoms with E-state index in [0.717, 1.165) is 33.8 Å². The summed E-state index contributed by atoms with van der Waals surface area (Å²) in [5.74, 6) is -0.119. The molecule has 0 fully saturated rings. The summed E-state index contributed by atoms with van der Waals surface area (Å²) < 4.78 is 0. The Morgan fingerprint density at radius 2 is 1.16 bits per heavy atom. The van der Waals surface area contributed by atoms with Gasteiger partial charge in [0.05, 0.1) is 17.1 Å². The lowest BCUT2D eigenvalue weighted by molar-refractivity contribution is 0.106. The summed E-state index contributed by atoms with van der Waals surface area (Å²) in [5, 5.41) is 14.9. The van der Waals surface area contributed by atoms with Gasteiger partial charge in [0.15, 0.2) is 5.04 Å². The highest BCUT2D eigenvalue weighted by Crippen LogP contribution is 2.55. The molecule has 0 radical (unpaired) electrons. The molecule has 0 aromatic heterocycles.